The van der Waals surface area contributed by atoms with Crippen molar-refractivity contribution in [3.63, 3.8) is 0 Å². The fraction of sp³-hybridized carbons (Fsp3) is 0.200. The van der Waals surface area contributed by atoms with Gasteiger partial charge < -0.3 is 14.7 Å². The third-order valence-corrected chi connectivity index (χ3v) is 3.07. The maximum atomic E-state index is 8.88. The van der Waals surface area contributed by atoms with E-state index in [1.54, 1.807) is 0 Å². The zero-order valence-corrected chi connectivity index (χ0v) is 15.4. The Bertz CT molecular complexity index is 518. The van der Waals surface area contributed by atoms with Gasteiger partial charge in [-0.2, -0.15) is 0 Å². The quantitative estimate of drug-likeness (QED) is 0.557. The fourth-order valence-corrected chi connectivity index (χ4v) is 1.76. The second kappa shape index (κ2) is 11.2. The Balaban J connectivity index is 0.000000300. The van der Waals surface area contributed by atoms with Crippen LogP contribution in [0.4, 0.5) is 0 Å². The van der Waals surface area contributed by atoms with Crippen LogP contribution in [-0.4, -0.2) is 42.6 Å². The molecule has 0 aliphatic rings. The molecule has 0 fully saturated rings. The number of rotatable bonds is 1. The molecule has 110 valence electrons. The molecule has 0 unspecified atom stereocenters. The van der Waals surface area contributed by atoms with Crippen LogP contribution in [0.1, 0.15) is 25.3 Å². The first-order valence-corrected chi connectivity index (χ1v) is 9.11. The molecule has 0 bridgehead atoms. The van der Waals surface area contributed by atoms with E-state index in [2.05, 4.69) is 62.4 Å². The van der Waals surface area contributed by atoms with Gasteiger partial charge in [0.05, 0.1) is 0 Å². The molecule has 0 aromatic heterocycles. The van der Waals surface area contributed by atoms with E-state index in [9.17, 15) is 0 Å². The van der Waals surface area contributed by atoms with Crippen LogP contribution in [-0.2, 0) is 4.57 Å². The van der Waals surface area contributed by atoms with Crippen molar-refractivity contribution in [3.8, 4) is 0 Å². The summed E-state index contributed by atoms with van der Waals surface area (Å²) in [4.78, 5) is 21.6. The van der Waals surface area contributed by atoms with Gasteiger partial charge in [0.1, 0.15) is 0 Å². The van der Waals surface area contributed by atoms with Crippen LogP contribution in [0.25, 0.3) is 0 Å². The van der Waals surface area contributed by atoms with Crippen LogP contribution in [0.15, 0.2) is 60.7 Å². The van der Waals surface area contributed by atoms with Crippen LogP contribution < -0.4 is 2.81 Å². The van der Waals surface area contributed by atoms with Gasteiger partial charge in [-0.1, -0.05) is 44.2 Å². The van der Waals surface area contributed by atoms with E-state index in [0.717, 1.165) is 0 Å². The molecule has 0 aliphatic heterocycles. The molecule has 0 spiro atoms. The van der Waals surface area contributed by atoms with E-state index in [4.69, 9.17) is 19.2 Å². The normalized spacial score (nSPS) is 10.1. The first-order valence-electron chi connectivity index (χ1n) is 6.55. The fourth-order valence-electron chi connectivity index (χ4n) is 1.37. The molecule has 4 nitrogen and oxygen atoms in total. The predicted molar refractivity (Wildman–Crippen MR) is 86.6 cm³/mol. The number of hydrogen-bond donors (Lipinski definition) is 3. The van der Waals surface area contributed by atoms with Crippen LogP contribution in [0.3, 0.4) is 0 Å². The topological polar surface area (TPSA) is 77.8 Å². The van der Waals surface area contributed by atoms with Crippen LogP contribution in [0, 0.1) is 0 Å². The molecule has 0 radical (unpaired) electrons. The van der Waals surface area contributed by atoms with E-state index in [-0.39, 0.29) is 0 Å². The Morgan fingerprint density at radius 1 is 0.857 bits per heavy atom. The molecule has 2 rings (SSSR count). The molecular formula is C15H20NaO4P. The summed E-state index contributed by atoms with van der Waals surface area (Å²) in [5, 5.41) is 0. The second-order valence-corrected chi connectivity index (χ2v) is 6.91. The molecule has 3 N–H and O–H groups in total. The molecule has 0 aliphatic carbocycles. The molecule has 21 heavy (non-hydrogen) atoms. The Labute approximate surface area is 143 Å². The molecule has 0 heterocycles. The van der Waals surface area contributed by atoms with Gasteiger partial charge >= 0.3 is 68.9 Å². The first kappa shape index (κ1) is 20.6. The van der Waals surface area contributed by atoms with E-state index in [0.29, 0.717) is 5.92 Å². The van der Waals surface area contributed by atoms with Gasteiger partial charge in [0.15, 0.2) is 0 Å². The molecule has 2 aromatic rings. The maximum absolute atomic E-state index is 8.88. The monoisotopic (exact) mass is 318 g/mol. The SMILES string of the molecule is CC(C)c1ccccc1.O=P(O)(O)O.[Na][c]1ccccc1. The van der Waals surface area contributed by atoms with Crippen molar-refractivity contribution in [3.05, 3.63) is 66.2 Å². The van der Waals surface area contributed by atoms with Crippen molar-refractivity contribution >= 4 is 38.6 Å². The standard InChI is InChI=1S/C9H12.C6H5.Na.H3O4P/c1-8(2)9-6-4-3-5-7-9;1-2-4-6-5-3-1;;1-5(2,3)4/h3-8H,1-2H3;1-5H;;(H3,1,2,3,4). The van der Waals surface area contributed by atoms with Crippen molar-refractivity contribution < 1.29 is 19.2 Å². The minimum absolute atomic E-state index is 0.659. The Morgan fingerprint density at radius 2 is 1.19 bits per heavy atom. The summed E-state index contributed by atoms with van der Waals surface area (Å²) in [6, 6.07) is 21.0. The first-order chi connectivity index (χ1) is 9.70. The van der Waals surface area contributed by atoms with Gasteiger partial charge in [0.25, 0.3) is 0 Å². The van der Waals surface area contributed by atoms with Crippen molar-refractivity contribution in [2.75, 3.05) is 0 Å². The summed E-state index contributed by atoms with van der Waals surface area (Å²) < 4.78 is 10.3. The summed E-state index contributed by atoms with van der Waals surface area (Å²) in [6.07, 6.45) is 0. The van der Waals surface area contributed by atoms with Crippen molar-refractivity contribution in [2.45, 2.75) is 19.8 Å². The summed E-state index contributed by atoms with van der Waals surface area (Å²) in [5.41, 5.74) is 1.41. The van der Waals surface area contributed by atoms with Gasteiger partial charge in [-0.25, -0.2) is 4.57 Å². The van der Waals surface area contributed by atoms with Crippen LogP contribution in [0.5, 0.6) is 0 Å². The number of hydrogen-bond acceptors (Lipinski definition) is 1. The zero-order valence-electron chi connectivity index (χ0n) is 12.5. The Morgan fingerprint density at radius 3 is 1.38 bits per heavy atom. The Hall–Kier alpha value is -0.450. The van der Waals surface area contributed by atoms with E-state index in [1.807, 2.05) is 12.1 Å². The second-order valence-electron chi connectivity index (χ2n) is 4.73. The van der Waals surface area contributed by atoms with Gasteiger partial charge in [0.2, 0.25) is 0 Å². The third-order valence-electron chi connectivity index (χ3n) is 2.41. The van der Waals surface area contributed by atoms with Gasteiger partial charge in [0, 0.05) is 0 Å². The summed E-state index contributed by atoms with van der Waals surface area (Å²) >= 11 is 1.17. The van der Waals surface area contributed by atoms with E-state index in [1.165, 1.54) is 36.3 Å². The summed E-state index contributed by atoms with van der Waals surface area (Å²) in [5.74, 6) is 0.659. The number of phosphoric acid groups is 1. The van der Waals surface area contributed by atoms with Crippen molar-refractivity contribution in [1.29, 1.82) is 0 Å². The molecule has 0 atom stereocenters. The van der Waals surface area contributed by atoms with Crippen LogP contribution >= 0.6 is 7.82 Å². The van der Waals surface area contributed by atoms with Gasteiger partial charge in [-0.3, -0.25) is 0 Å². The van der Waals surface area contributed by atoms with Crippen molar-refractivity contribution in [1.82, 2.24) is 0 Å². The predicted octanol–water partition coefficient (Wildman–Crippen LogP) is 2.36. The van der Waals surface area contributed by atoms with E-state index >= 15 is 0 Å². The minimum atomic E-state index is -4.64. The molecule has 2 aromatic carbocycles. The van der Waals surface area contributed by atoms with Crippen molar-refractivity contribution in [2.24, 2.45) is 0 Å². The third kappa shape index (κ3) is 15.8. The summed E-state index contributed by atoms with van der Waals surface area (Å²) in [6.45, 7) is 4.41. The molecular weight excluding hydrogens is 298 g/mol. The molecule has 0 saturated heterocycles. The average Bonchev–Trinajstić information content (AvgIpc) is 2.39. The number of benzene rings is 2. The van der Waals surface area contributed by atoms with Gasteiger partial charge in [-0.15, -0.1) is 0 Å². The summed E-state index contributed by atoms with van der Waals surface area (Å²) in [7, 11) is -4.64. The molecule has 6 heteroatoms. The average molecular weight is 318 g/mol. The molecule has 0 amide bonds. The van der Waals surface area contributed by atoms with Gasteiger partial charge in [-0.05, 0) is 11.5 Å². The zero-order chi connectivity index (χ0) is 16.3. The molecule has 0 saturated carbocycles. The Kier molecular flexibility index (Phi) is 10.9. The van der Waals surface area contributed by atoms with E-state index < -0.39 is 7.82 Å². The van der Waals surface area contributed by atoms with Crippen LogP contribution in [0.2, 0.25) is 0 Å².